The first-order chi connectivity index (χ1) is 10.9. The molecule has 0 heterocycles. The van der Waals surface area contributed by atoms with Crippen molar-refractivity contribution in [1.29, 1.82) is 0 Å². The van der Waals surface area contributed by atoms with Crippen molar-refractivity contribution in [3.8, 4) is 0 Å². The summed E-state index contributed by atoms with van der Waals surface area (Å²) >= 11 is 0. The lowest BCUT2D eigenvalue weighted by molar-refractivity contribution is 0.164. The molecule has 0 aliphatic heterocycles. The fourth-order valence-electron chi connectivity index (χ4n) is 4.03. The van der Waals surface area contributed by atoms with Crippen molar-refractivity contribution in [2.45, 2.75) is 50.6 Å². The molecule has 2 N–H and O–H groups in total. The Hall–Kier alpha value is -0.440. The van der Waals surface area contributed by atoms with E-state index >= 15 is 0 Å². The number of fused-ring (bicyclic) bond motifs is 1. The van der Waals surface area contributed by atoms with Gasteiger partial charge in [0.05, 0.1) is 11.0 Å². The monoisotopic (exact) mass is 358 g/mol. The van der Waals surface area contributed by atoms with Crippen molar-refractivity contribution in [2.75, 3.05) is 0 Å². The molecule has 7 heteroatoms. The van der Waals surface area contributed by atoms with Crippen molar-refractivity contribution >= 4 is 20.5 Å². The van der Waals surface area contributed by atoms with E-state index in [2.05, 4.69) is 0 Å². The van der Waals surface area contributed by atoms with Crippen molar-refractivity contribution in [3.63, 3.8) is 0 Å². The first-order valence-corrected chi connectivity index (χ1v) is 11.5. The number of hydrogen-bond acceptors (Lipinski definition) is 3. The van der Waals surface area contributed by atoms with Gasteiger partial charge in [-0.05, 0) is 43.2 Å². The molecule has 1 aromatic carbocycles. The summed E-state index contributed by atoms with van der Waals surface area (Å²) in [5.74, 6) is 1.11. The van der Waals surface area contributed by atoms with Gasteiger partial charge in [-0.1, -0.05) is 43.9 Å². The average molecular weight is 358 g/mol. The molecule has 23 heavy (non-hydrogen) atoms. The van der Waals surface area contributed by atoms with Crippen LogP contribution in [-0.4, -0.2) is 15.4 Å². The Balaban J connectivity index is 1.71. The summed E-state index contributed by atoms with van der Waals surface area (Å²) in [5, 5.41) is 0.0561. The highest BCUT2D eigenvalue weighted by molar-refractivity contribution is 7.71. The topological polar surface area (TPSA) is 83.8 Å². The summed E-state index contributed by atoms with van der Waals surface area (Å²) in [6.45, 7) is 0. The lowest BCUT2D eigenvalue weighted by Gasteiger charge is -2.40. The maximum absolute atomic E-state index is 12.6. The van der Waals surface area contributed by atoms with Crippen LogP contribution in [-0.2, 0) is 13.4 Å². The fourth-order valence-corrected chi connectivity index (χ4v) is 7.77. The number of hydrogen-bond donors (Lipinski definition) is 2. The van der Waals surface area contributed by atoms with Crippen LogP contribution in [0, 0.1) is 11.8 Å². The molecule has 5 unspecified atom stereocenters. The predicted octanol–water partition coefficient (Wildman–Crippen LogP) is 4.06. The second kappa shape index (κ2) is 6.82. The molecule has 2 aliphatic rings. The highest BCUT2D eigenvalue weighted by Crippen LogP contribution is 2.64. The maximum atomic E-state index is 12.6. The molecule has 5 atom stereocenters. The number of rotatable bonds is 4. The second-order valence-corrected chi connectivity index (χ2v) is 10.8. The fraction of sp³-hybridized carbons (Fsp3) is 0.625. The van der Waals surface area contributed by atoms with Crippen LogP contribution in [0.25, 0.3) is 0 Å². The van der Waals surface area contributed by atoms with Crippen molar-refractivity contribution < 1.29 is 23.2 Å². The Morgan fingerprint density at radius 2 is 1.57 bits per heavy atom. The van der Waals surface area contributed by atoms with E-state index in [1.54, 1.807) is 18.2 Å². The van der Waals surface area contributed by atoms with E-state index in [1.165, 1.54) is 31.4 Å². The van der Waals surface area contributed by atoms with Gasteiger partial charge in [0.2, 0.25) is 0 Å². The van der Waals surface area contributed by atoms with E-state index in [4.69, 9.17) is 4.31 Å². The van der Waals surface area contributed by atoms with Gasteiger partial charge in [-0.15, -0.1) is 0 Å². The van der Waals surface area contributed by atoms with Crippen LogP contribution in [0.2, 0.25) is 0 Å². The zero-order valence-corrected chi connectivity index (χ0v) is 14.9. The maximum Gasteiger partial charge on any atom is 0.365 e. The highest BCUT2D eigenvalue weighted by Gasteiger charge is 2.44. The minimum absolute atomic E-state index is 0.0561. The molecule has 2 aliphatic carbocycles. The van der Waals surface area contributed by atoms with E-state index in [1.807, 2.05) is 0 Å². The molecule has 0 saturated heterocycles. The van der Waals surface area contributed by atoms with E-state index in [9.17, 15) is 18.9 Å². The molecule has 2 fully saturated rings. The Labute approximate surface area is 137 Å². The molecule has 0 amide bonds. The van der Waals surface area contributed by atoms with Crippen LogP contribution in [0.5, 0.6) is 0 Å². The molecule has 0 bridgehead atoms. The smallest absolute Gasteiger partial charge is 0.324 e. The molecule has 0 spiro atoms. The van der Waals surface area contributed by atoms with Crippen molar-refractivity contribution in [1.82, 2.24) is 0 Å². The van der Waals surface area contributed by atoms with Gasteiger partial charge >= 0.3 is 15.2 Å². The van der Waals surface area contributed by atoms with Crippen molar-refractivity contribution in [2.24, 2.45) is 11.8 Å². The number of benzene rings is 1. The van der Waals surface area contributed by atoms with E-state index in [0.717, 1.165) is 12.8 Å². The zero-order chi connectivity index (χ0) is 16.5. The van der Waals surface area contributed by atoms with Crippen LogP contribution in [0.4, 0.5) is 0 Å². The average Bonchev–Trinajstić information content (AvgIpc) is 2.54. The Morgan fingerprint density at radius 1 is 0.913 bits per heavy atom. The van der Waals surface area contributed by atoms with Gasteiger partial charge in [0.1, 0.15) is 0 Å². The molecular weight excluding hydrogens is 334 g/mol. The third-order valence-electron chi connectivity index (χ3n) is 5.28. The first-order valence-electron chi connectivity index (χ1n) is 8.31. The standard InChI is InChI=1S/C16H24O5P2/c17-22(18,15-8-2-1-3-9-15)21-23(19,20)16-11-10-13-6-4-5-7-14(13)12-16/h1-3,8-9,13-14,16H,4-7,10-12H2,(H,17,18)(H,19,20). The third-order valence-corrected chi connectivity index (χ3v) is 9.45. The van der Waals surface area contributed by atoms with Crippen LogP contribution >= 0.6 is 15.2 Å². The summed E-state index contributed by atoms with van der Waals surface area (Å²) in [5.41, 5.74) is -0.522. The Kier molecular flexibility index (Phi) is 5.15. The highest BCUT2D eigenvalue weighted by atomic mass is 31.3. The van der Waals surface area contributed by atoms with E-state index in [-0.39, 0.29) is 5.30 Å². The summed E-state index contributed by atoms with van der Waals surface area (Å²) in [4.78, 5) is 20.4. The lowest BCUT2D eigenvalue weighted by Crippen LogP contribution is -2.30. The summed E-state index contributed by atoms with van der Waals surface area (Å²) in [6.07, 6.45) is 6.88. The molecule has 128 valence electrons. The van der Waals surface area contributed by atoms with Gasteiger partial charge < -0.3 is 9.79 Å². The van der Waals surface area contributed by atoms with Gasteiger partial charge in [-0.25, -0.2) is 4.31 Å². The second-order valence-electron chi connectivity index (χ2n) is 6.77. The van der Waals surface area contributed by atoms with Crippen LogP contribution < -0.4 is 5.30 Å². The molecule has 1 aromatic rings. The van der Waals surface area contributed by atoms with Gasteiger partial charge in [0, 0.05) is 0 Å². The minimum Gasteiger partial charge on any atom is -0.324 e. The largest absolute Gasteiger partial charge is 0.365 e. The lowest BCUT2D eigenvalue weighted by atomic mass is 9.71. The Morgan fingerprint density at radius 3 is 2.26 bits per heavy atom. The van der Waals surface area contributed by atoms with Gasteiger partial charge in [-0.2, -0.15) is 0 Å². The SMILES string of the molecule is O=P(O)(OP(=O)(O)C1CCC2CCCCC2C1)c1ccccc1. The third kappa shape index (κ3) is 3.97. The zero-order valence-electron chi connectivity index (χ0n) is 13.1. The van der Waals surface area contributed by atoms with E-state index in [0.29, 0.717) is 24.7 Å². The molecule has 0 aromatic heterocycles. The van der Waals surface area contributed by atoms with Crippen molar-refractivity contribution in [3.05, 3.63) is 30.3 Å². The van der Waals surface area contributed by atoms with Gasteiger partial charge in [0.15, 0.2) is 0 Å². The van der Waals surface area contributed by atoms with Crippen LogP contribution in [0.3, 0.4) is 0 Å². The summed E-state index contributed by atoms with van der Waals surface area (Å²) in [7, 11) is -8.41. The quantitative estimate of drug-likeness (QED) is 0.793. The predicted molar refractivity (Wildman–Crippen MR) is 89.9 cm³/mol. The Bertz CT molecular complexity index is 633. The normalized spacial score (nSPS) is 33.2. The van der Waals surface area contributed by atoms with E-state index < -0.39 is 20.9 Å². The molecular formula is C16H24O5P2. The van der Waals surface area contributed by atoms with Gasteiger partial charge in [0.25, 0.3) is 0 Å². The molecule has 5 nitrogen and oxygen atoms in total. The van der Waals surface area contributed by atoms with Crippen LogP contribution in [0.15, 0.2) is 30.3 Å². The molecule has 0 radical (unpaired) electrons. The van der Waals surface area contributed by atoms with Crippen LogP contribution in [0.1, 0.15) is 44.9 Å². The summed E-state index contributed by atoms with van der Waals surface area (Å²) < 4.78 is 29.9. The van der Waals surface area contributed by atoms with Gasteiger partial charge in [-0.3, -0.25) is 9.13 Å². The first kappa shape index (κ1) is 17.4. The molecule has 3 rings (SSSR count). The minimum atomic E-state index is -4.28. The summed E-state index contributed by atoms with van der Waals surface area (Å²) in [6, 6.07) is 7.82. The molecule has 2 saturated carbocycles.